The molecule has 0 heterocycles. The molecule has 0 radical (unpaired) electrons. The summed E-state index contributed by atoms with van der Waals surface area (Å²) in [4.78, 5) is 10.6. The molecule has 0 amide bonds. The van der Waals surface area contributed by atoms with E-state index in [4.69, 9.17) is 16.3 Å². The summed E-state index contributed by atoms with van der Waals surface area (Å²) in [5, 5.41) is 8.68. The maximum atomic E-state index is 10.6. The first kappa shape index (κ1) is 10.6. The average Bonchev–Trinajstić information content (AvgIpc) is 2.15. The smallest absolute Gasteiger partial charge is 0.335 e. The second-order valence-corrected chi connectivity index (χ2v) is 3.30. The predicted octanol–water partition coefficient (Wildman–Crippen LogP) is 2.16. The van der Waals surface area contributed by atoms with E-state index in [-0.39, 0.29) is 12.2 Å². The second-order valence-electron chi connectivity index (χ2n) is 2.44. The number of rotatable bonds is 3. The molecule has 0 saturated carbocycles. The minimum atomic E-state index is -0.978. The molecule has 0 aromatic heterocycles. The molecule has 0 saturated heterocycles. The van der Waals surface area contributed by atoms with Crippen molar-refractivity contribution in [3.05, 3.63) is 28.2 Å². The van der Waals surface area contributed by atoms with Crippen LogP contribution < -0.4 is 4.74 Å². The van der Waals surface area contributed by atoms with Gasteiger partial charge >= 0.3 is 5.97 Å². The molecule has 0 spiro atoms. The second kappa shape index (κ2) is 4.68. The van der Waals surface area contributed by atoms with Gasteiger partial charge in [-0.15, -0.1) is 6.42 Å². The van der Waals surface area contributed by atoms with Crippen molar-refractivity contribution in [2.45, 2.75) is 0 Å². The Labute approximate surface area is 89.8 Å². The fourth-order valence-corrected chi connectivity index (χ4v) is 1.36. The van der Waals surface area contributed by atoms with Crippen LogP contribution in [0.25, 0.3) is 0 Å². The quantitative estimate of drug-likeness (QED) is 0.842. The van der Waals surface area contributed by atoms with Crippen LogP contribution in [0, 0.1) is 12.3 Å². The van der Waals surface area contributed by atoms with Crippen molar-refractivity contribution in [2.24, 2.45) is 0 Å². The summed E-state index contributed by atoms with van der Waals surface area (Å²) in [7, 11) is 0. The molecule has 0 aliphatic carbocycles. The molecule has 3 nitrogen and oxygen atoms in total. The summed E-state index contributed by atoms with van der Waals surface area (Å²) < 4.78 is 5.72. The Morgan fingerprint density at radius 2 is 2.36 bits per heavy atom. The first-order valence-corrected chi connectivity index (χ1v) is 4.53. The molecule has 0 aliphatic rings. The molecule has 1 N–H and O–H groups in total. The van der Waals surface area contributed by atoms with Gasteiger partial charge in [0.15, 0.2) is 0 Å². The zero-order chi connectivity index (χ0) is 10.6. The maximum absolute atomic E-state index is 10.6. The van der Waals surface area contributed by atoms with Crippen molar-refractivity contribution in [3.63, 3.8) is 0 Å². The minimum Gasteiger partial charge on any atom is -0.480 e. The lowest BCUT2D eigenvalue weighted by atomic mass is 10.2. The zero-order valence-corrected chi connectivity index (χ0v) is 8.74. The molecule has 1 rings (SSSR count). The molecule has 1 aromatic rings. The van der Waals surface area contributed by atoms with Gasteiger partial charge in [0.2, 0.25) is 0 Å². The first-order chi connectivity index (χ1) is 6.65. The Kier molecular flexibility index (Phi) is 3.55. The average molecular weight is 255 g/mol. The molecular formula is C10H7BrO3. The molecule has 0 unspecified atom stereocenters. The summed E-state index contributed by atoms with van der Waals surface area (Å²) in [6, 6.07) is 4.48. The maximum Gasteiger partial charge on any atom is 0.335 e. The van der Waals surface area contributed by atoms with Gasteiger partial charge in [-0.05, 0) is 34.1 Å². The molecule has 0 atom stereocenters. The summed E-state index contributed by atoms with van der Waals surface area (Å²) in [5.74, 6) is 1.88. The van der Waals surface area contributed by atoms with Gasteiger partial charge in [-0.25, -0.2) is 4.79 Å². The molecule has 1 aromatic carbocycles. The van der Waals surface area contributed by atoms with Crippen LogP contribution in [0.1, 0.15) is 10.4 Å². The van der Waals surface area contributed by atoms with E-state index in [0.29, 0.717) is 10.2 Å². The molecule has 72 valence electrons. The fraction of sp³-hybridized carbons (Fsp3) is 0.100. The Morgan fingerprint density at radius 1 is 1.64 bits per heavy atom. The number of carboxylic acids is 1. The van der Waals surface area contributed by atoms with E-state index in [9.17, 15) is 4.79 Å². The number of aromatic carboxylic acids is 1. The number of ether oxygens (including phenoxy) is 1. The van der Waals surface area contributed by atoms with Crippen LogP contribution in [0.4, 0.5) is 0 Å². The Morgan fingerprint density at radius 3 is 2.86 bits per heavy atom. The summed E-state index contributed by atoms with van der Waals surface area (Å²) in [6.07, 6.45) is 5.02. The normalized spacial score (nSPS) is 9.14. The number of carboxylic acid groups (broad SMARTS) is 1. The van der Waals surface area contributed by atoms with Gasteiger partial charge in [0, 0.05) is 0 Å². The number of benzene rings is 1. The predicted molar refractivity (Wildman–Crippen MR) is 55.4 cm³/mol. The number of terminal acetylenes is 1. The Hall–Kier alpha value is -1.47. The summed E-state index contributed by atoms with van der Waals surface area (Å²) in [5.41, 5.74) is 0.199. The van der Waals surface area contributed by atoms with Gasteiger partial charge in [0.05, 0.1) is 10.0 Å². The molecule has 14 heavy (non-hydrogen) atoms. The highest BCUT2D eigenvalue weighted by Crippen LogP contribution is 2.25. The van der Waals surface area contributed by atoms with Crippen LogP contribution >= 0.6 is 15.9 Å². The third kappa shape index (κ3) is 2.51. The first-order valence-electron chi connectivity index (χ1n) is 3.74. The van der Waals surface area contributed by atoms with E-state index >= 15 is 0 Å². The highest BCUT2D eigenvalue weighted by atomic mass is 79.9. The SMILES string of the molecule is C#CCOc1ccc(C(=O)O)cc1Br. The van der Waals surface area contributed by atoms with Gasteiger partial charge in [0.25, 0.3) is 0 Å². The van der Waals surface area contributed by atoms with Gasteiger partial charge < -0.3 is 9.84 Å². The number of carbonyl (C=O) groups is 1. The van der Waals surface area contributed by atoms with E-state index in [1.807, 2.05) is 0 Å². The van der Waals surface area contributed by atoms with Gasteiger partial charge in [0.1, 0.15) is 12.4 Å². The lowest BCUT2D eigenvalue weighted by molar-refractivity contribution is 0.0697. The van der Waals surface area contributed by atoms with Crippen molar-refractivity contribution in [1.29, 1.82) is 0 Å². The number of hydrogen-bond donors (Lipinski definition) is 1. The van der Waals surface area contributed by atoms with Crippen LogP contribution in [0.15, 0.2) is 22.7 Å². The molecular weight excluding hydrogens is 248 g/mol. The van der Waals surface area contributed by atoms with E-state index in [1.165, 1.54) is 12.1 Å². The van der Waals surface area contributed by atoms with Gasteiger partial charge in [-0.3, -0.25) is 0 Å². The third-order valence-electron chi connectivity index (χ3n) is 1.49. The number of halogens is 1. The van der Waals surface area contributed by atoms with Crippen molar-refractivity contribution < 1.29 is 14.6 Å². The van der Waals surface area contributed by atoms with Gasteiger partial charge in [-0.1, -0.05) is 5.92 Å². The lowest BCUT2D eigenvalue weighted by Crippen LogP contribution is -1.98. The molecule has 0 aliphatic heterocycles. The molecule has 4 heteroatoms. The zero-order valence-electron chi connectivity index (χ0n) is 7.16. The Bertz CT molecular complexity index is 393. The standard InChI is InChI=1S/C10H7BrO3/c1-2-5-14-9-4-3-7(10(12)13)6-8(9)11/h1,3-4,6H,5H2,(H,12,13). The summed E-state index contributed by atoms with van der Waals surface area (Å²) >= 11 is 3.19. The van der Waals surface area contributed by atoms with Crippen LogP contribution in [0.2, 0.25) is 0 Å². The van der Waals surface area contributed by atoms with Crippen molar-refractivity contribution in [1.82, 2.24) is 0 Å². The van der Waals surface area contributed by atoms with E-state index in [0.717, 1.165) is 0 Å². The molecule has 0 bridgehead atoms. The number of hydrogen-bond acceptors (Lipinski definition) is 2. The highest BCUT2D eigenvalue weighted by molar-refractivity contribution is 9.10. The highest BCUT2D eigenvalue weighted by Gasteiger charge is 2.06. The van der Waals surface area contributed by atoms with Gasteiger partial charge in [-0.2, -0.15) is 0 Å². The fourth-order valence-electron chi connectivity index (χ4n) is 0.870. The topological polar surface area (TPSA) is 46.5 Å². The third-order valence-corrected chi connectivity index (χ3v) is 2.11. The van der Waals surface area contributed by atoms with Crippen molar-refractivity contribution >= 4 is 21.9 Å². The molecule has 0 fully saturated rings. The lowest BCUT2D eigenvalue weighted by Gasteiger charge is -2.05. The van der Waals surface area contributed by atoms with Crippen LogP contribution in [0.5, 0.6) is 5.75 Å². The van der Waals surface area contributed by atoms with Crippen LogP contribution in [-0.4, -0.2) is 17.7 Å². The van der Waals surface area contributed by atoms with Crippen molar-refractivity contribution in [2.75, 3.05) is 6.61 Å². The monoisotopic (exact) mass is 254 g/mol. The van der Waals surface area contributed by atoms with E-state index < -0.39 is 5.97 Å². The Balaban J connectivity index is 2.91. The van der Waals surface area contributed by atoms with E-state index in [1.54, 1.807) is 6.07 Å². The minimum absolute atomic E-state index is 0.158. The van der Waals surface area contributed by atoms with Crippen LogP contribution in [0.3, 0.4) is 0 Å². The van der Waals surface area contributed by atoms with Crippen LogP contribution in [-0.2, 0) is 0 Å². The summed E-state index contributed by atoms with van der Waals surface area (Å²) in [6.45, 7) is 0.158. The van der Waals surface area contributed by atoms with Crippen molar-refractivity contribution in [3.8, 4) is 18.1 Å². The largest absolute Gasteiger partial charge is 0.480 e. The van der Waals surface area contributed by atoms with E-state index in [2.05, 4.69) is 21.9 Å².